The molecule has 142 valence electrons. The monoisotopic (exact) mass is 372 g/mol. The summed E-state index contributed by atoms with van der Waals surface area (Å²) in [6.45, 7) is 2.21. The average Bonchev–Trinajstić information content (AvgIpc) is 2.97. The van der Waals surface area contributed by atoms with E-state index in [1.165, 1.54) is 21.3 Å². The van der Waals surface area contributed by atoms with Crippen molar-refractivity contribution < 1.29 is 14.6 Å². The van der Waals surface area contributed by atoms with Gasteiger partial charge in [-0.25, -0.2) is 14.6 Å². The van der Waals surface area contributed by atoms with Crippen LogP contribution in [0, 0.1) is 0 Å². The molecule has 0 aliphatic carbocycles. The number of ether oxygens (including phenoxy) is 1. The fourth-order valence-corrected chi connectivity index (χ4v) is 2.80. The molecule has 2 aromatic heterocycles. The first-order valence-electron chi connectivity index (χ1n) is 8.57. The number of aryl methyl sites for hydroxylation is 2. The van der Waals surface area contributed by atoms with Crippen molar-refractivity contribution in [3.63, 3.8) is 0 Å². The number of hydrogen-bond acceptors (Lipinski definition) is 6. The number of H-pyrrole nitrogens is 1. The van der Waals surface area contributed by atoms with Crippen LogP contribution >= 0.6 is 0 Å². The van der Waals surface area contributed by atoms with E-state index in [0.29, 0.717) is 12.4 Å². The number of phenols is 1. The number of benzene rings is 1. The zero-order chi connectivity index (χ0) is 19.6. The fraction of sp³-hybridized carbons (Fsp3) is 0.333. The summed E-state index contributed by atoms with van der Waals surface area (Å²) in [7, 11) is 1.61. The molecule has 3 aromatic rings. The summed E-state index contributed by atoms with van der Waals surface area (Å²) in [4.78, 5) is 43.1. The Labute approximate surface area is 153 Å². The number of nitrogens with one attached hydrogen (secondary N) is 1. The second kappa shape index (κ2) is 7.48. The van der Waals surface area contributed by atoms with Crippen molar-refractivity contribution in [1.82, 2.24) is 19.1 Å². The van der Waals surface area contributed by atoms with Crippen LogP contribution in [-0.2, 0) is 24.9 Å². The van der Waals surface area contributed by atoms with Gasteiger partial charge in [-0.15, -0.1) is 0 Å². The number of carbonyl (C=O) groups is 1. The Morgan fingerprint density at radius 2 is 2.04 bits per heavy atom. The maximum Gasteiger partial charge on any atom is 0.342 e. The molecule has 0 aliphatic heterocycles. The second-order valence-corrected chi connectivity index (χ2v) is 6.12. The number of phenolic OH excluding ortho intramolecular Hbond substituents is 1. The molecule has 0 unspecified atom stereocenters. The number of imidazole rings is 1. The van der Waals surface area contributed by atoms with Gasteiger partial charge >= 0.3 is 11.7 Å². The van der Waals surface area contributed by atoms with E-state index in [2.05, 4.69) is 9.97 Å². The molecule has 0 amide bonds. The van der Waals surface area contributed by atoms with Crippen molar-refractivity contribution in [3.05, 3.63) is 56.5 Å². The number of unbranched alkanes of at least 4 members (excludes halogenated alkanes) is 1. The normalized spacial score (nSPS) is 11.0. The van der Waals surface area contributed by atoms with Crippen molar-refractivity contribution >= 4 is 17.1 Å². The number of esters is 1. The number of aromatic nitrogens is 4. The molecule has 27 heavy (non-hydrogen) atoms. The summed E-state index contributed by atoms with van der Waals surface area (Å²) in [5.74, 6) is -0.579. The van der Waals surface area contributed by atoms with Crippen LogP contribution in [-0.4, -0.2) is 30.2 Å². The molecule has 0 fully saturated rings. The highest BCUT2D eigenvalue weighted by molar-refractivity contribution is 5.92. The SMILES string of the molecule is CCCCn1c(=O)[nH]c(=O)c2c1nc(COC(=O)c1ccccc1O)n2C. The van der Waals surface area contributed by atoms with E-state index >= 15 is 0 Å². The lowest BCUT2D eigenvalue weighted by molar-refractivity contribution is 0.0456. The predicted molar refractivity (Wildman–Crippen MR) is 97.7 cm³/mol. The molecule has 9 nitrogen and oxygen atoms in total. The van der Waals surface area contributed by atoms with Crippen molar-refractivity contribution in [2.45, 2.75) is 32.9 Å². The topological polar surface area (TPSA) is 119 Å². The zero-order valence-corrected chi connectivity index (χ0v) is 15.1. The lowest BCUT2D eigenvalue weighted by Crippen LogP contribution is -2.31. The van der Waals surface area contributed by atoms with Gasteiger partial charge in [0, 0.05) is 13.6 Å². The number of rotatable bonds is 6. The fourth-order valence-electron chi connectivity index (χ4n) is 2.80. The lowest BCUT2D eigenvalue weighted by atomic mass is 10.2. The lowest BCUT2D eigenvalue weighted by Gasteiger charge is -2.06. The quantitative estimate of drug-likeness (QED) is 0.629. The van der Waals surface area contributed by atoms with Gasteiger partial charge in [-0.1, -0.05) is 25.5 Å². The summed E-state index contributed by atoms with van der Waals surface area (Å²) < 4.78 is 8.12. The van der Waals surface area contributed by atoms with Crippen molar-refractivity contribution in [3.8, 4) is 5.75 Å². The number of nitrogens with zero attached hydrogens (tertiary/aromatic N) is 3. The molecular weight excluding hydrogens is 352 g/mol. The zero-order valence-electron chi connectivity index (χ0n) is 15.1. The molecule has 0 atom stereocenters. The highest BCUT2D eigenvalue weighted by Crippen LogP contribution is 2.18. The van der Waals surface area contributed by atoms with E-state index < -0.39 is 17.2 Å². The van der Waals surface area contributed by atoms with Gasteiger partial charge in [0.2, 0.25) is 0 Å². The minimum atomic E-state index is -0.711. The third kappa shape index (κ3) is 3.48. The van der Waals surface area contributed by atoms with Crippen molar-refractivity contribution in [1.29, 1.82) is 0 Å². The van der Waals surface area contributed by atoms with Crippen molar-refractivity contribution in [2.24, 2.45) is 7.05 Å². The number of fused-ring (bicyclic) bond motifs is 1. The summed E-state index contributed by atoms with van der Waals surface area (Å²) in [5.41, 5.74) is -0.533. The van der Waals surface area contributed by atoms with E-state index in [9.17, 15) is 19.5 Å². The molecular formula is C18H20N4O5. The predicted octanol–water partition coefficient (Wildman–Crippen LogP) is 1.29. The summed E-state index contributed by atoms with van der Waals surface area (Å²) in [6, 6.07) is 6.04. The molecule has 0 spiro atoms. The Balaban J connectivity index is 1.94. The summed E-state index contributed by atoms with van der Waals surface area (Å²) in [6.07, 6.45) is 1.64. The smallest absolute Gasteiger partial charge is 0.342 e. The molecule has 0 bridgehead atoms. The summed E-state index contributed by atoms with van der Waals surface area (Å²) >= 11 is 0. The van der Waals surface area contributed by atoms with Crippen LogP contribution in [0.25, 0.3) is 11.2 Å². The minimum Gasteiger partial charge on any atom is -0.507 e. The molecule has 2 heterocycles. The van der Waals surface area contributed by atoms with Gasteiger partial charge in [0.1, 0.15) is 23.7 Å². The van der Waals surface area contributed by atoms with Crippen LogP contribution < -0.4 is 11.2 Å². The molecule has 0 radical (unpaired) electrons. The third-order valence-electron chi connectivity index (χ3n) is 4.30. The van der Waals surface area contributed by atoms with Gasteiger partial charge in [0.25, 0.3) is 5.56 Å². The first kappa shape index (κ1) is 18.4. The Hall–Kier alpha value is -3.36. The van der Waals surface area contributed by atoms with Crippen LogP contribution in [0.15, 0.2) is 33.9 Å². The van der Waals surface area contributed by atoms with Gasteiger partial charge in [0.05, 0.1) is 0 Å². The average molecular weight is 372 g/mol. The number of aromatic amines is 1. The molecule has 2 N–H and O–H groups in total. The van der Waals surface area contributed by atoms with Gasteiger partial charge < -0.3 is 14.4 Å². The Morgan fingerprint density at radius 1 is 1.30 bits per heavy atom. The van der Waals surface area contributed by atoms with E-state index in [4.69, 9.17) is 4.74 Å². The summed E-state index contributed by atoms with van der Waals surface area (Å²) in [5, 5.41) is 9.73. The first-order valence-corrected chi connectivity index (χ1v) is 8.57. The third-order valence-corrected chi connectivity index (χ3v) is 4.30. The van der Waals surface area contributed by atoms with E-state index in [0.717, 1.165) is 12.8 Å². The molecule has 0 saturated carbocycles. The van der Waals surface area contributed by atoms with Gasteiger partial charge in [-0.3, -0.25) is 14.3 Å². The Kier molecular flexibility index (Phi) is 5.11. The van der Waals surface area contributed by atoms with Crippen LogP contribution in [0.3, 0.4) is 0 Å². The number of para-hydroxylation sites is 1. The molecule has 9 heteroatoms. The molecule has 3 rings (SSSR count). The van der Waals surface area contributed by atoms with E-state index in [1.54, 1.807) is 19.2 Å². The standard InChI is InChI=1S/C18H20N4O5/c1-3-4-9-22-15-14(16(24)20-18(22)26)21(2)13(19-15)10-27-17(25)11-7-5-6-8-12(11)23/h5-8,23H,3-4,9-10H2,1-2H3,(H,20,24,26). The highest BCUT2D eigenvalue weighted by Gasteiger charge is 2.18. The maximum absolute atomic E-state index is 12.2. The van der Waals surface area contributed by atoms with E-state index in [1.807, 2.05) is 6.92 Å². The highest BCUT2D eigenvalue weighted by atomic mass is 16.5. The molecule has 0 aliphatic rings. The van der Waals surface area contributed by atoms with Crippen LogP contribution in [0.5, 0.6) is 5.75 Å². The van der Waals surface area contributed by atoms with E-state index in [-0.39, 0.29) is 29.1 Å². The largest absolute Gasteiger partial charge is 0.507 e. The molecule has 1 aromatic carbocycles. The first-order chi connectivity index (χ1) is 12.9. The second-order valence-electron chi connectivity index (χ2n) is 6.12. The molecule has 0 saturated heterocycles. The number of carbonyl (C=O) groups excluding carboxylic acids is 1. The van der Waals surface area contributed by atoms with Gasteiger partial charge in [0.15, 0.2) is 11.2 Å². The Bertz CT molecular complexity index is 1110. The van der Waals surface area contributed by atoms with Crippen LogP contribution in [0.1, 0.15) is 35.9 Å². The Morgan fingerprint density at radius 3 is 2.74 bits per heavy atom. The van der Waals surface area contributed by atoms with Crippen molar-refractivity contribution in [2.75, 3.05) is 0 Å². The number of hydrogen-bond donors (Lipinski definition) is 2. The van der Waals surface area contributed by atoms with Gasteiger partial charge in [-0.05, 0) is 18.6 Å². The minimum absolute atomic E-state index is 0.0361. The number of aromatic hydroxyl groups is 1. The van der Waals surface area contributed by atoms with Crippen LogP contribution in [0.4, 0.5) is 0 Å². The maximum atomic E-state index is 12.2. The van der Waals surface area contributed by atoms with Crippen LogP contribution in [0.2, 0.25) is 0 Å². The van der Waals surface area contributed by atoms with Gasteiger partial charge in [-0.2, -0.15) is 0 Å².